The lowest BCUT2D eigenvalue weighted by molar-refractivity contribution is -0.133. The van der Waals surface area contributed by atoms with E-state index in [0.717, 1.165) is 78.0 Å². The number of fused-ring (bicyclic) bond motifs is 2. The second-order valence-corrected chi connectivity index (χ2v) is 20.1. The highest BCUT2D eigenvalue weighted by atomic mass is 19.1. The zero-order valence-corrected chi connectivity index (χ0v) is 38.8. The van der Waals surface area contributed by atoms with E-state index in [1.54, 1.807) is 25.1 Å². The first-order chi connectivity index (χ1) is 32.7. The van der Waals surface area contributed by atoms with Crippen LogP contribution >= 0.6 is 0 Å². The molecular formula is C51H60F3N9O5. The first kappa shape index (κ1) is 46.0. The van der Waals surface area contributed by atoms with E-state index < -0.39 is 23.3 Å². The van der Waals surface area contributed by atoms with Gasteiger partial charge in [-0.1, -0.05) is 13.0 Å². The average Bonchev–Trinajstić information content (AvgIpc) is 4.09. The van der Waals surface area contributed by atoms with Crippen LogP contribution in [0.15, 0.2) is 48.7 Å². The lowest BCUT2D eigenvalue weighted by Crippen LogP contribution is -2.50. The number of ether oxygens (including phenoxy) is 1. The number of amides is 2. The summed E-state index contributed by atoms with van der Waals surface area (Å²) in [6, 6.07) is 10.4. The number of aromatic nitrogens is 3. The number of nitrogens with one attached hydrogen (secondary N) is 2. The fourth-order valence-corrected chi connectivity index (χ4v) is 10.9. The highest BCUT2D eigenvalue weighted by Crippen LogP contribution is 2.47. The Bertz CT molecular complexity index is 2740. The first-order valence-electron chi connectivity index (χ1n) is 24.2. The molecule has 5 aromatic rings. The Kier molecular flexibility index (Phi) is 12.6. The van der Waals surface area contributed by atoms with Crippen molar-refractivity contribution in [3.8, 4) is 23.0 Å². The van der Waals surface area contributed by atoms with E-state index in [9.17, 15) is 19.8 Å². The molecule has 5 fully saturated rings. The second-order valence-electron chi connectivity index (χ2n) is 20.1. The minimum absolute atomic E-state index is 0.000190. The second kappa shape index (κ2) is 18.6. The number of rotatable bonds is 13. The highest BCUT2D eigenvalue weighted by molar-refractivity contribution is 6.02. The van der Waals surface area contributed by atoms with Gasteiger partial charge in [-0.25, -0.2) is 13.2 Å². The van der Waals surface area contributed by atoms with Crippen LogP contribution in [0.3, 0.4) is 0 Å². The zero-order chi connectivity index (χ0) is 47.3. The number of imide groups is 1. The van der Waals surface area contributed by atoms with Gasteiger partial charge in [-0.3, -0.25) is 19.9 Å². The Balaban J connectivity index is 0.774. The van der Waals surface area contributed by atoms with E-state index in [1.807, 2.05) is 11.8 Å². The SMILES string of the molecule is CCc1c(F)ccc2cc(O)cc(-c3ncc4c(N5CCC[C@@](C)(O)C5)nc(OCC5(CN6CCN(CC7CCN(c8ccc(NC9CCC(=O)NC9=O)cc8F)CC7)CC6)CC5)nc4c3F)c12. The van der Waals surface area contributed by atoms with Gasteiger partial charge in [0.05, 0.1) is 23.3 Å². The molecule has 6 heterocycles. The van der Waals surface area contributed by atoms with Crippen LogP contribution < -0.4 is 25.2 Å². The van der Waals surface area contributed by atoms with Crippen LogP contribution in [0.5, 0.6) is 11.8 Å². The maximum absolute atomic E-state index is 17.1. The van der Waals surface area contributed by atoms with E-state index in [1.165, 1.54) is 30.5 Å². The topological polar surface area (TPSA) is 160 Å². The summed E-state index contributed by atoms with van der Waals surface area (Å²) in [6.45, 7) is 12.1. The third-order valence-electron chi connectivity index (χ3n) is 14.9. The molecule has 1 aliphatic carbocycles. The number of hydrogen-bond acceptors (Lipinski definition) is 13. The number of benzene rings is 3. The van der Waals surface area contributed by atoms with E-state index >= 15 is 13.2 Å². The molecule has 4 aliphatic heterocycles. The van der Waals surface area contributed by atoms with E-state index in [-0.39, 0.29) is 64.5 Å². The summed E-state index contributed by atoms with van der Waals surface area (Å²) in [5.74, 6) is -1.30. The zero-order valence-electron chi connectivity index (χ0n) is 38.8. The molecule has 3 aromatic carbocycles. The monoisotopic (exact) mass is 935 g/mol. The molecule has 10 rings (SSSR count). The van der Waals surface area contributed by atoms with Crippen molar-refractivity contribution in [2.45, 2.75) is 83.3 Å². The number of phenolic OH excluding ortho intramolecular Hbond substituents is 1. The number of carbonyl (C=O) groups excluding carboxylic acids is 2. The van der Waals surface area contributed by atoms with Crippen LogP contribution in [0.25, 0.3) is 32.9 Å². The number of aliphatic hydroxyl groups is 1. The van der Waals surface area contributed by atoms with Crippen LogP contribution in [-0.4, -0.2) is 130 Å². The summed E-state index contributed by atoms with van der Waals surface area (Å²) in [4.78, 5) is 46.9. The summed E-state index contributed by atoms with van der Waals surface area (Å²) < 4.78 is 54.0. The Labute approximate surface area is 393 Å². The third kappa shape index (κ3) is 9.61. The van der Waals surface area contributed by atoms with Gasteiger partial charge >= 0.3 is 6.01 Å². The maximum Gasteiger partial charge on any atom is 0.319 e. The number of phenols is 1. The predicted molar refractivity (Wildman–Crippen MR) is 254 cm³/mol. The standard InChI is InChI=1S/C51H60F3N9O5/c1-3-35-38(52)7-5-32-23-34(64)25-36(43(32)35)45-44(54)46-37(26-55-45)47(63-16-4-13-50(2,67)28-63)59-49(58-46)68-30-51(14-15-51)29-61-21-19-60(20-22-61)27-31-11-17-62(18-12-31)41-9-6-33(24-39(41)53)56-40-8-10-42(65)57-48(40)66/h5-7,9,23-26,31,40,56,64,67H,3-4,8,10-22,27-30H2,1-2H3,(H,57,65,66)/t40?,50-/m1/s1. The van der Waals surface area contributed by atoms with Crippen molar-refractivity contribution in [1.82, 2.24) is 30.1 Å². The average molecular weight is 936 g/mol. The Hall–Kier alpha value is -5.78. The first-order valence-corrected chi connectivity index (χ1v) is 24.2. The molecule has 4 N–H and O–H groups in total. The largest absolute Gasteiger partial charge is 0.508 e. The van der Waals surface area contributed by atoms with Crippen molar-refractivity contribution in [3.63, 3.8) is 0 Å². The van der Waals surface area contributed by atoms with Gasteiger partial charge in [0, 0.05) is 94.7 Å². The van der Waals surface area contributed by atoms with Crippen LogP contribution in [0.4, 0.5) is 30.4 Å². The summed E-state index contributed by atoms with van der Waals surface area (Å²) in [7, 11) is 0. The van der Waals surface area contributed by atoms with Gasteiger partial charge in [-0.15, -0.1) is 0 Å². The van der Waals surface area contributed by atoms with Crippen LogP contribution in [0, 0.1) is 28.8 Å². The van der Waals surface area contributed by atoms with Crippen LogP contribution in [-0.2, 0) is 16.0 Å². The van der Waals surface area contributed by atoms with Crippen LogP contribution in [0.2, 0.25) is 0 Å². The molecule has 360 valence electrons. The number of pyridine rings is 1. The van der Waals surface area contributed by atoms with Crippen molar-refractivity contribution in [2.24, 2.45) is 11.3 Å². The molecule has 5 aliphatic rings. The number of halogens is 3. The number of aromatic hydroxyl groups is 1. The molecule has 4 saturated heterocycles. The molecular weight excluding hydrogens is 876 g/mol. The van der Waals surface area contributed by atoms with E-state index in [4.69, 9.17) is 9.72 Å². The number of hydrogen-bond donors (Lipinski definition) is 4. The quantitative estimate of drug-likeness (QED) is 0.0916. The molecule has 2 aromatic heterocycles. The lowest BCUT2D eigenvalue weighted by atomic mass is 9.94. The number of piperidine rings is 3. The minimum Gasteiger partial charge on any atom is -0.508 e. The van der Waals surface area contributed by atoms with Crippen LogP contribution in [0.1, 0.15) is 70.8 Å². The van der Waals surface area contributed by atoms with Gasteiger partial charge in [-0.2, -0.15) is 9.97 Å². The van der Waals surface area contributed by atoms with Gasteiger partial charge < -0.3 is 39.9 Å². The Morgan fingerprint density at radius 3 is 2.40 bits per heavy atom. The fraction of sp³-hybridized carbons (Fsp3) is 0.510. The molecule has 17 heteroatoms. The fourth-order valence-electron chi connectivity index (χ4n) is 10.9. The molecule has 68 heavy (non-hydrogen) atoms. The molecule has 1 unspecified atom stereocenters. The van der Waals surface area contributed by atoms with Crippen molar-refractivity contribution in [3.05, 3.63) is 71.7 Å². The minimum atomic E-state index is -0.972. The normalized spacial score (nSPS) is 22.8. The molecule has 0 bridgehead atoms. The summed E-state index contributed by atoms with van der Waals surface area (Å²) >= 11 is 0. The maximum atomic E-state index is 17.1. The van der Waals surface area contributed by atoms with Crippen molar-refractivity contribution in [2.75, 3.05) is 87.2 Å². The summed E-state index contributed by atoms with van der Waals surface area (Å²) in [5.41, 5.74) is 0.626. The molecule has 1 saturated carbocycles. The molecule has 0 spiro atoms. The number of anilines is 3. The van der Waals surface area contributed by atoms with E-state index in [0.29, 0.717) is 83.7 Å². The number of carbonyl (C=O) groups is 2. The predicted octanol–water partition coefficient (Wildman–Crippen LogP) is 6.79. The number of β-amino-alcohol motifs (C(OH)–C–C–N with tert-alkyl or cyclic N) is 1. The number of nitrogens with zero attached hydrogens (tertiary/aromatic N) is 7. The molecule has 2 amide bonds. The van der Waals surface area contributed by atoms with Crippen molar-refractivity contribution in [1.29, 1.82) is 0 Å². The van der Waals surface area contributed by atoms with E-state index in [2.05, 4.69) is 35.3 Å². The third-order valence-corrected chi connectivity index (χ3v) is 14.9. The highest BCUT2D eigenvalue weighted by Gasteiger charge is 2.45. The van der Waals surface area contributed by atoms with Crippen molar-refractivity contribution >= 4 is 50.7 Å². The van der Waals surface area contributed by atoms with Gasteiger partial charge in [0.25, 0.3) is 0 Å². The molecule has 2 atom stereocenters. The summed E-state index contributed by atoms with van der Waals surface area (Å²) in [5, 5.41) is 28.6. The smallest absolute Gasteiger partial charge is 0.319 e. The Morgan fingerprint density at radius 2 is 1.68 bits per heavy atom. The number of piperazine rings is 1. The van der Waals surface area contributed by atoms with Gasteiger partial charge in [0.15, 0.2) is 5.82 Å². The molecule has 0 radical (unpaired) electrons. The lowest BCUT2D eigenvalue weighted by Gasteiger charge is -2.40. The van der Waals surface area contributed by atoms with Gasteiger partial charge in [-0.05, 0) is 117 Å². The molecule has 14 nitrogen and oxygen atoms in total. The van der Waals surface area contributed by atoms with Gasteiger partial charge in [0.2, 0.25) is 11.8 Å². The number of aryl methyl sites for hydroxylation is 1. The Morgan fingerprint density at radius 1 is 0.897 bits per heavy atom. The van der Waals surface area contributed by atoms with Crippen molar-refractivity contribution < 1.29 is 37.7 Å². The summed E-state index contributed by atoms with van der Waals surface area (Å²) in [6.07, 6.45) is 7.77. The van der Waals surface area contributed by atoms with Gasteiger partial charge in [0.1, 0.15) is 40.5 Å².